The van der Waals surface area contributed by atoms with Gasteiger partial charge < -0.3 is 14.1 Å². The summed E-state index contributed by atoms with van der Waals surface area (Å²) in [5.41, 5.74) is 6.47. The number of hydrogen-bond acceptors (Lipinski definition) is 4. The predicted molar refractivity (Wildman–Crippen MR) is 148 cm³/mol. The zero-order chi connectivity index (χ0) is 26.1. The highest BCUT2D eigenvalue weighted by molar-refractivity contribution is 6.06. The fourth-order valence-electron chi connectivity index (χ4n) is 4.71. The second-order valence-corrected chi connectivity index (χ2v) is 9.54. The van der Waals surface area contributed by atoms with Crippen LogP contribution in [-0.4, -0.2) is 20.6 Å². The van der Waals surface area contributed by atoms with Crippen molar-refractivity contribution in [1.82, 2.24) is 9.55 Å². The van der Waals surface area contributed by atoms with Gasteiger partial charge in [-0.25, -0.2) is 14.6 Å². The van der Waals surface area contributed by atoms with Gasteiger partial charge in [0.1, 0.15) is 11.1 Å². The summed E-state index contributed by atoms with van der Waals surface area (Å²) < 4.78 is 7.68. The summed E-state index contributed by atoms with van der Waals surface area (Å²) in [5.74, 6) is -1.04. The first-order valence-corrected chi connectivity index (χ1v) is 12.3. The minimum absolute atomic E-state index is 0.131. The molecular weight excluding hydrogens is 464 g/mol. The molecule has 0 aliphatic heterocycles. The van der Waals surface area contributed by atoms with Crippen LogP contribution >= 0.6 is 0 Å². The van der Waals surface area contributed by atoms with Gasteiger partial charge in [0.15, 0.2) is 0 Å². The SMILES string of the molecule is CC(C)=CCC/C(C)=C/Cn1c2cc3c(-c4ccccc4)c(=O)oc3cc2nc2c(C(=O)O)cccc21. The molecule has 0 atom stereocenters. The maximum absolute atomic E-state index is 12.9. The highest BCUT2D eigenvalue weighted by atomic mass is 16.4. The molecule has 0 radical (unpaired) electrons. The average molecular weight is 493 g/mol. The van der Waals surface area contributed by atoms with Gasteiger partial charge in [-0.2, -0.15) is 0 Å². The molecule has 37 heavy (non-hydrogen) atoms. The predicted octanol–water partition coefficient (Wildman–Crippen LogP) is 7.35. The van der Waals surface area contributed by atoms with E-state index in [2.05, 4.69) is 37.5 Å². The number of allylic oxidation sites excluding steroid dienone is 4. The molecule has 1 N–H and O–H groups in total. The van der Waals surface area contributed by atoms with Crippen LogP contribution in [0.5, 0.6) is 0 Å². The number of furan rings is 1. The lowest BCUT2D eigenvalue weighted by Gasteiger charge is -2.15. The Balaban J connectivity index is 1.76. The van der Waals surface area contributed by atoms with Crippen molar-refractivity contribution in [3.8, 4) is 11.1 Å². The van der Waals surface area contributed by atoms with Crippen LogP contribution in [0.25, 0.3) is 44.2 Å². The van der Waals surface area contributed by atoms with Gasteiger partial charge in [-0.3, -0.25) is 0 Å². The Morgan fingerprint density at radius 1 is 1.00 bits per heavy atom. The van der Waals surface area contributed by atoms with Crippen molar-refractivity contribution in [1.29, 1.82) is 0 Å². The zero-order valence-corrected chi connectivity index (χ0v) is 21.1. The molecule has 0 spiro atoms. The average Bonchev–Trinajstić information content (AvgIpc) is 3.19. The molecule has 6 nitrogen and oxygen atoms in total. The summed E-state index contributed by atoms with van der Waals surface area (Å²) in [5, 5.41) is 10.5. The van der Waals surface area contributed by atoms with Crippen molar-refractivity contribution >= 4 is 39.0 Å². The minimum atomic E-state index is -1.04. The minimum Gasteiger partial charge on any atom is -0.478 e. The molecule has 186 valence electrons. The monoisotopic (exact) mass is 492 g/mol. The number of nitrogens with zero attached hydrogens (tertiary/aromatic N) is 2. The Labute approximate surface area is 214 Å². The summed E-state index contributed by atoms with van der Waals surface area (Å²) >= 11 is 0. The summed E-state index contributed by atoms with van der Waals surface area (Å²) in [6, 6.07) is 18.3. The van der Waals surface area contributed by atoms with Gasteiger partial charge in [-0.15, -0.1) is 0 Å². The number of carboxylic acid groups (broad SMARTS) is 1. The van der Waals surface area contributed by atoms with E-state index in [4.69, 9.17) is 9.40 Å². The molecule has 5 rings (SSSR count). The largest absolute Gasteiger partial charge is 0.478 e. The van der Waals surface area contributed by atoms with E-state index < -0.39 is 11.6 Å². The molecule has 0 unspecified atom stereocenters. The van der Waals surface area contributed by atoms with Gasteiger partial charge in [0.05, 0.1) is 27.7 Å². The van der Waals surface area contributed by atoms with Crippen molar-refractivity contribution in [3.05, 3.63) is 99.9 Å². The molecule has 0 saturated carbocycles. The molecule has 0 saturated heterocycles. The van der Waals surface area contributed by atoms with Crippen LogP contribution in [-0.2, 0) is 6.54 Å². The standard InChI is InChI=1S/C31H28N2O4/c1-19(2)9-7-10-20(3)15-16-33-25-14-8-13-22(30(34)35)29(25)32-24-18-27-23(17-26(24)33)28(31(36)37-27)21-11-5-4-6-12-21/h4-6,8-9,11-15,17-18H,7,10,16H2,1-3H3,(H,34,35)/b20-15+. The smallest absolute Gasteiger partial charge is 0.344 e. The van der Waals surface area contributed by atoms with Gasteiger partial charge in [0.2, 0.25) is 0 Å². The molecule has 0 aliphatic rings. The Morgan fingerprint density at radius 2 is 1.78 bits per heavy atom. The van der Waals surface area contributed by atoms with E-state index in [0.717, 1.165) is 23.9 Å². The quantitative estimate of drug-likeness (QED) is 0.190. The Bertz CT molecular complexity index is 1770. The molecule has 2 aromatic heterocycles. The van der Waals surface area contributed by atoms with E-state index in [9.17, 15) is 14.7 Å². The van der Waals surface area contributed by atoms with E-state index in [-0.39, 0.29) is 5.56 Å². The summed E-state index contributed by atoms with van der Waals surface area (Å²) in [4.78, 5) is 29.6. The van der Waals surface area contributed by atoms with Crippen molar-refractivity contribution in [2.75, 3.05) is 0 Å². The van der Waals surface area contributed by atoms with E-state index in [1.165, 1.54) is 11.1 Å². The van der Waals surface area contributed by atoms with E-state index in [1.807, 2.05) is 42.5 Å². The third kappa shape index (κ3) is 4.70. The Morgan fingerprint density at radius 3 is 2.51 bits per heavy atom. The number of benzene rings is 3. The highest BCUT2D eigenvalue weighted by Crippen LogP contribution is 2.32. The van der Waals surface area contributed by atoms with Gasteiger partial charge in [-0.05, 0) is 57.4 Å². The second kappa shape index (κ2) is 9.90. The fraction of sp³-hybridized carbons (Fsp3) is 0.194. The lowest BCUT2D eigenvalue weighted by atomic mass is 10.0. The maximum atomic E-state index is 12.9. The number of aromatic carboxylic acids is 1. The molecule has 5 aromatic rings. The normalized spacial score (nSPS) is 11.9. The van der Waals surface area contributed by atoms with Crippen LogP contribution in [0.2, 0.25) is 0 Å². The number of carboxylic acids is 1. The van der Waals surface area contributed by atoms with Crippen LogP contribution < -0.4 is 5.63 Å². The highest BCUT2D eigenvalue weighted by Gasteiger charge is 2.19. The lowest BCUT2D eigenvalue weighted by molar-refractivity contribution is 0.0699. The van der Waals surface area contributed by atoms with E-state index in [0.29, 0.717) is 39.6 Å². The first-order chi connectivity index (χ1) is 17.8. The van der Waals surface area contributed by atoms with Gasteiger partial charge in [0, 0.05) is 18.0 Å². The molecule has 3 aromatic carbocycles. The van der Waals surface area contributed by atoms with E-state index in [1.54, 1.807) is 18.2 Å². The third-order valence-corrected chi connectivity index (χ3v) is 6.59. The summed E-state index contributed by atoms with van der Waals surface area (Å²) in [6.07, 6.45) is 6.30. The first kappa shape index (κ1) is 24.3. The lowest BCUT2D eigenvalue weighted by Crippen LogP contribution is -2.07. The number of para-hydroxylation sites is 1. The van der Waals surface area contributed by atoms with Gasteiger partial charge in [0.25, 0.3) is 0 Å². The van der Waals surface area contributed by atoms with Crippen LogP contribution in [0.15, 0.2) is 93.2 Å². The topological polar surface area (TPSA) is 85.3 Å². The van der Waals surface area contributed by atoms with E-state index >= 15 is 0 Å². The van der Waals surface area contributed by atoms with Crippen molar-refractivity contribution in [2.24, 2.45) is 0 Å². The van der Waals surface area contributed by atoms with Crippen LogP contribution in [0.1, 0.15) is 44.0 Å². The Kier molecular flexibility index (Phi) is 6.49. The fourth-order valence-corrected chi connectivity index (χ4v) is 4.71. The van der Waals surface area contributed by atoms with Crippen LogP contribution in [0.3, 0.4) is 0 Å². The van der Waals surface area contributed by atoms with Gasteiger partial charge >= 0.3 is 11.6 Å². The van der Waals surface area contributed by atoms with Crippen molar-refractivity contribution in [3.63, 3.8) is 0 Å². The molecule has 0 aliphatic carbocycles. The second-order valence-electron chi connectivity index (χ2n) is 9.54. The van der Waals surface area contributed by atoms with Crippen molar-refractivity contribution in [2.45, 2.75) is 40.2 Å². The number of rotatable bonds is 7. The van der Waals surface area contributed by atoms with Crippen LogP contribution in [0, 0.1) is 0 Å². The number of fused-ring (bicyclic) bond motifs is 3. The summed E-state index contributed by atoms with van der Waals surface area (Å²) in [6.45, 7) is 6.84. The molecule has 0 bridgehead atoms. The molecular formula is C31H28N2O4. The molecule has 6 heteroatoms. The first-order valence-electron chi connectivity index (χ1n) is 12.3. The molecule has 0 amide bonds. The number of hydrogen-bond donors (Lipinski definition) is 1. The number of carbonyl (C=O) groups is 1. The van der Waals surface area contributed by atoms with Crippen molar-refractivity contribution < 1.29 is 14.3 Å². The molecule has 0 fully saturated rings. The zero-order valence-electron chi connectivity index (χ0n) is 21.1. The Hall–Kier alpha value is -4.45. The third-order valence-electron chi connectivity index (χ3n) is 6.59. The maximum Gasteiger partial charge on any atom is 0.344 e. The summed E-state index contributed by atoms with van der Waals surface area (Å²) in [7, 11) is 0. The molecule has 2 heterocycles. The number of aromatic nitrogens is 2. The van der Waals surface area contributed by atoms with Gasteiger partial charge in [-0.1, -0.05) is 59.7 Å². The van der Waals surface area contributed by atoms with Crippen LogP contribution in [0.4, 0.5) is 0 Å².